The highest BCUT2D eigenvalue weighted by atomic mass is 19.1. The molecule has 7 nitrogen and oxygen atoms in total. The molecule has 0 aliphatic heterocycles. The Labute approximate surface area is 196 Å². The number of benzene rings is 3. The molecule has 0 saturated heterocycles. The number of rotatable bonds is 10. The lowest BCUT2D eigenvalue weighted by Crippen LogP contribution is -2.36. The highest BCUT2D eigenvalue weighted by molar-refractivity contribution is 6.05. The van der Waals surface area contributed by atoms with Crippen LogP contribution in [0.5, 0.6) is 11.5 Å². The lowest BCUT2D eigenvalue weighted by atomic mass is 10.1. The van der Waals surface area contributed by atoms with Crippen LogP contribution in [0, 0.1) is 5.82 Å². The van der Waals surface area contributed by atoms with E-state index in [0.717, 1.165) is 17.4 Å². The normalized spacial score (nSPS) is 11.0. The van der Waals surface area contributed by atoms with Gasteiger partial charge in [-0.2, -0.15) is 0 Å². The minimum atomic E-state index is -0.762. The van der Waals surface area contributed by atoms with Gasteiger partial charge in [-0.25, -0.2) is 4.39 Å². The Hall–Kier alpha value is -4.17. The Morgan fingerprint density at radius 2 is 1.76 bits per heavy atom. The second kappa shape index (κ2) is 12.2. The maximum atomic E-state index is 14.0. The molecule has 3 aromatic carbocycles. The van der Waals surface area contributed by atoms with Gasteiger partial charge in [0, 0.05) is 6.54 Å². The molecular weight excluding hydrogens is 439 g/mol. The molecule has 0 unspecified atom stereocenters. The number of amides is 2. The number of hydrogen-bond donors (Lipinski definition) is 3. The van der Waals surface area contributed by atoms with E-state index in [1.165, 1.54) is 24.3 Å². The number of hydrogen-bond acceptors (Lipinski definition) is 5. The van der Waals surface area contributed by atoms with E-state index in [-0.39, 0.29) is 24.4 Å². The molecule has 0 saturated carbocycles. The molecular formula is C26H25FN2O5. The van der Waals surface area contributed by atoms with Gasteiger partial charge in [0.25, 0.3) is 11.8 Å². The number of carbonyl (C=O) groups excluding carboxylic acids is 2. The minimum Gasteiger partial charge on any atom is -0.497 e. The van der Waals surface area contributed by atoms with Crippen LogP contribution < -0.4 is 20.1 Å². The number of carbonyl (C=O) groups is 2. The maximum Gasteiger partial charge on any atom is 0.267 e. The first-order valence-corrected chi connectivity index (χ1v) is 10.5. The minimum absolute atomic E-state index is 0.00277. The van der Waals surface area contributed by atoms with Crippen molar-refractivity contribution in [1.29, 1.82) is 0 Å². The molecule has 0 atom stereocenters. The van der Waals surface area contributed by atoms with Crippen LogP contribution in [0.3, 0.4) is 0 Å². The SMILES string of the molecule is COc1cccc(COc2ccc(/C=C(\NC(=O)c3ccccc3F)C(=O)NCCO)cc2)c1. The fraction of sp³-hybridized carbons (Fsp3) is 0.154. The fourth-order valence-electron chi connectivity index (χ4n) is 3.01. The molecule has 34 heavy (non-hydrogen) atoms. The number of nitrogens with one attached hydrogen (secondary N) is 2. The summed E-state index contributed by atoms with van der Waals surface area (Å²) in [5.41, 5.74) is 1.27. The molecule has 3 rings (SSSR count). The number of methoxy groups -OCH3 is 1. The largest absolute Gasteiger partial charge is 0.497 e. The quantitative estimate of drug-likeness (QED) is 0.400. The molecule has 176 valence electrons. The third-order valence-electron chi connectivity index (χ3n) is 4.74. The van der Waals surface area contributed by atoms with Gasteiger partial charge in [0.05, 0.1) is 19.3 Å². The van der Waals surface area contributed by atoms with E-state index < -0.39 is 17.6 Å². The second-order valence-electron chi connectivity index (χ2n) is 7.18. The van der Waals surface area contributed by atoms with E-state index in [0.29, 0.717) is 17.9 Å². The zero-order valence-corrected chi connectivity index (χ0v) is 18.6. The molecule has 0 radical (unpaired) electrons. The van der Waals surface area contributed by atoms with Crippen molar-refractivity contribution >= 4 is 17.9 Å². The smallest absolute Gasteiger partial charge is 0.267 e. The Bertz CT molecular complexity index is 1160. The van der Waals surface area contributed by atoms with Crippen molar-refractivity contribution < 1.29 is 28.6 Å². The van der Waals surface area contributed by atoms with E-state index in [1.54, 1.807) is 31.4 Å². The molecule has 0 spiro atoms. The van der Waals surface area contributed by atoms with Gasteiger partial charge in [0.1, 0.15) is 29.6 Å². The summed E-state index contributed by atoms with van der Waals surface area (Å²) in [6, 6.07) is 19.9. The van der Waals surface area contributed by atoms with Crippen LogP contribution in [0.1, 0.15) is 21.5 Å². The maximum absolute atomic E-state index is 14.0. The molecule has 0 bridgehead atoms. The van der Waals surface area contributed by atoms with Crippen LogP contribution in [0.25, 0.3) is 6.08 Å². The zero-order valence-electron chi connectivity index (χ0n) is 18.6. The Morgan fingerprint density at radius 3 is 2.47 bits per heavy atom. The molecule has 0 aliphatic rings. The number of ether oxygens (including phenoxy) is 2. The molecule has 3 aromatic rings. The average molecular weight is 464 g/mol. The van der Waals surface area contributed by atoms with Gasteiger partial charge in [-0.3, -0.25) is 9.59 Å². The standard InChI is InChI=1S/C26H25FN2O5/c1-33-21-6-4-5-19(15-21)17-34-20-11-9-18(10-12-20)16-24(26(32)28-13-14-30)29-25(31)22-7-2-3-8-23(22)27/h2-12,15-16,30H,13-14,17H2,1H3,(H,28,32)(H,29,31)/b24-16-. The Balaban J connectivity index is 1.73. The fourth-order valence-corrected chi connectivity index (χ4v) is 3.01. The molecule has 8 heteroatoms. The first kappa shape index (κ1) is 24.5. The van der Waals surface area contributed by atoms with Gasteiger partial charge in [-0.05, 0) is 53.6 Å². The Morgan fingerprint density at radius 1 is 1.00 bits per heavy atom. The van der Waals surface area contributed by atoms with E-state index in [9.17, 15) is 14.0 Å². The van der Waals surface area contributed by atoms with Crippen molar-refractivity contribution in [3.05, 3.63) is 101 Å². The number of halogens is 1. The van der Waals surface area contributed by atoms with E-state index in [1.807, 2.05) is 24.3 Å². The molecule has 0 fully saturated rings. The van der Waals surface area contributed by atoms with Crippen molar-refractivity contribution in [3.63, 3.8) is 0 Å². The number of aliphatic hydroxyl groups excluding tert-OH is 1. The summed E-state index contributed by atoms with van der Waals surface area (Å²) in [6.07, 6.45) is 1.46. The van der Waals surface area contributed by atoms with Gasteiger partial charge in [-0.15, -0.1) is 0 Å². The number of aliphatic hydroxyl groups is 1. The summed E-state index contributed by atoms with van der Waals surface area (Å²) < 4.78 is 25.0. The van der Waals surface area contributed by atoms with Crippen LogP contribution in [-0.2, 0) is 11.4 Å². The lowest BCUT2D eigenvalue weighted by molar-refractivity contribution is -0.117. The first-order chi connectivity index (χ1) is 16.5. The molecule has 0 aromatic heterocycles. The molecule has 0 heterocycles. The van der Waals surface area contributed by atoms with Gasteiger partial charge in [0.15, 0.2) is 0 Å². The first-order valence-electron chi connectivity index (χ1n) is 10.5. The average Bonchev–Trinajstić information content (AvgIpc) is 2.86. The van der Waals surface area contributed by atoms with Crippen LogP contribution in [0.2, 0.25) is 0 Å². The van der Waals surface area contributed by atoms with Crippen LogP contribution >= 0.6 is 0 Å². The van der Waals surface area contributed by atoms with E-state index in [2.05, 4.69) is 10.6 Å². The van der Waals surface area contributed by atoms with Crippen molar-refractivity contribution in [1.82, 2.24) is 10.6 Å². The highest BCUT2D eigenvalue weighted by Gasteiger charge is 2.16. The van der Waals surface area contributed by atoms with Gasteiger partial charge in [0.2, 0.25) is 0 Å². The summed E-state index contributed by atoms with van der Waals surface area (Å²) in [5.74, 6) is -0.723. The lowest BCUT2D eigenvalue weighted by Gasteiger charge is -2.11. The predicted molar refractivity (Wildman–Crippen MR) is 126 cm³/mol. The summed E-state index contributed by atoms with van der Waals surface area (Å²) in [4.78, 5) is 25.0. The topological polar surface area (TPSA) is 96.9 Å². The third-order valence-corrected chi connectivity index (χ3v) is 4.74. The third kappa shape index (κ3) is 6.91. The summed E-state index contributed by atoms with van der Waals surface area (Å²) in [5, 5.41) is 13.9. The van der Waals surface area contributed by atoms with Crippen molar-refractivity contribution in [2.24, 2.45) is 0 Å². The predicted octanol–water partition coefficient (Wildman–Crippen LogP) is 3.29. The van der Waals surface area contributed by atoms with E-state index >= 15 is 0 Å². The second-order valence-corrected chi connectivity index (χ2v) is 7.18. The zero-order chi connectivity index (χ0) is 24.3. The summed E-state index contributed by atoms with van der Waals surface area (Å²) >= 11 is 0. The molecule has 0 aliphatic carbocycles. The van der Waals surface area contributed by atoms with Crippen LogP contribution in [-0.4, -0.2) is 37.2 Å². The Kier molecular flexibility index (Phi) is 8.76. The molecule has 3 N–H and O–H groups in total. The van der Waals surface area contributed by atoms with Gasteiger partial charge < -0.3 is 25.2 Å². The highest BCUT2D eigenvalue weighted by Crippen LogP contribution is 2.18. The van der Waals surface area contributed by atoms with Crippen molar-refractivity contribution in [3.8, 4) is 11.5 Å². The van der Waals surface area contributed by atoms with E-state index in [4.69, 9.17) is 14.6 Å². The monoisotopic (exact) mass is 464 g/mol. The van der Waals surface area contributed by atoms with Gasteiger partial charge in [-0.1, -0.05) is 36.4 Å². The van der Waals surface area contributed by atoms with Gasteiger partial charge >= 0.3 is 0 Å². The van der Waals surface area contributed by atoms with Crippen molar-refractivity contribution in [2.75, 3.05) is 20.3 Å². The van der Waals surface area contributed by atoms with Crippen LogP contribution in [0.4, 0.5) is 4.39 Å². The molecule has 2 amide bonds. The van der Waals surface area contributed by atoms with Crippen molar-refractivity contribution in [2.45, 2.75) is 6.61 Å². The van der Waals surface area contributed by atoms with Crippen LogP contribution in [0.15, 0.2) is 78.5 Å². The summed E-state index contributed by atoms with van der Waals surface area (Å²) in [7, 11) is 1.60. The summed E-state index contributed by atoms with van der Waals surface area (Å²) in [6.45, 7) is 0.0856.